The van der Waals surface area contributed by atoms with E-state index in [9.17, 15) is 14.7 Å². The molecule has 0 saturated carbocycles. The summed E-state index contributed by atoms with van der Waals surface area (Å²) in [4.78, 5) is 30.0. The number of aliphatic hydroxyl groups excluding tert-OH is 1. The minimum absolute atomic E-state index is 0.150. The average Bonchev–Trinajstić information content (AvgIpc) is 2.98. The Hall–Kier alpha value is -2.93. The maximum Gasteiger partial charge on any atom is 0.255 e. The maximum absolute atomic E-state index is 12.8. The second-order valence-corrected chi connectivity index (χ2v) is 6.44. The number of carbonyl (C=O) groups excluding carboxylic acids is 2. The number of pyridine rings is 1. The molecule has 2 aliphatic heterocycles. The highest BCUT2D eigenvalue weighted by Crippen LogP contribution is 2.34. The Kier molecular flexibility index (Phi) is 4.30. The van der Waals surface area contributed by atoms with E-state index in [2.05, 4.69) is 10.3 Å². The lowest BCUT2D eigenvalue weighted by atomic mass is 10.0. The van der Waals surface area contributed by atoms with E-state index in [1.165, 1.54) is 0 Å². The number of hydrogen-bond donors (Lipinski definition) is 2. The Bertz CT molecular complexity index is 840. The molecule has 0 bridgehead atoms. The number of piperidine rings is 1. The molecular weight excluding hydrogens is 334 g/mol. The number of hydrogen-bond acceptors (Lipinski definition) is 5. The lowest BCUT2D eigenvalue weighted by Gasteiger charge is -2.35. The van der Waals surface area contributed by atoms with Crippen LogP contribution in [0.2, 0.25) is 0 Å². The van der Waals surface area contributed by atoms with Gasteiger partial charge in [-0.1, -0.05) is 12.1 Å². The summed E-state index contributed by atoms with van der Waals surface area (Å²) in [6, 6.07) is 10.6. The van der Waals surface area contributed by atoms with Crippen molar-refractivity contribution >= 4 is 11.8 Å². The van der Waals surface area contributed by atoms with E-state index in [1.54, 1.807) is 23.2 Å². The molecule has 1 aromatic heterocycles. The predicted molar refractivity (Wildman–Crippen MR) is 92.1 cm³/mol. The fourth-order valence-corrected chi connectivity index (χ4v) is 3.46. The quantitative estimate of drug-likeness (QED) is 0.862. The SMILES string of the molecule is O=C1CCC(N2Cc3c(OCc4ccccn4)cccc3C2=O)C(O)N1. The number of aromatic nitrogens is 1. The minimum atomic E-state index is -1.05. The van der Waals surface area contributed by atoms with Crippen molar-refractivity contribution in [3.63, 3.8) is 0 Å². The smallest absolute Gasteiger partial charge is 0.255 e. The molecule has 2 amide bonds. The molecule has 0 radical (unpaired) electrons. The van der Waals surface area contributed by atoms with Crippen molar-refractivity contribution in [3.05, 3.63) is 59.4 Å². The van der Waals surface area contributed by atoms with Crippen molar-refractivity contribution in [3.8, 4) is 5.75 Å². The van der Waals surface area contributed by atoms with Gasteiger partial charge in [-0.3, -0.25) is 14.6 Å². The van der Waals surface area contributed by atoms with Crippen LogP contribution >= 0.6 is 0 Å². The van der Waals surface area contributed by atoms with E-state index >= 15 is 0 Å². The summed E-state index contributed by atoms with van der Waals surface area (Å²) in [6.07, 6.45) is 1.40. The van der Waals surface area contributed by atoms with Crippen LogP contribution in [0.4, 0.5) is 0 Å². The minimum Gasteiger partial charge on any atom is -0.487 e. The summed E-state index contributed by atoms with van der Waals surface area (Å²) in [5, 5.41) is 12.7. The molecule has 1 aromatic carbocycles. The van der Waals surface area contributed by atoms with Gasteiger partial charge in [0.2, 0.25) is 5.91 Å². The third kappa shape index (κ3) is 3.01. The summed E-state index contributed by atoms with van der Waals surface area (Å²) in [7, 11) is 0. The number of nitrogens with one attached hydrogen (secondary N) is 1. The van der Waals surface area contributed by atoms with Gasteiger partial charge >= 0.3 is 0 Å². The Morgan fingerprint density at radius 1 is 1.23 bits per heavy atom. The number of rotatable bonds is 4. The Balaban J connectivity index is 1.53. The number of fused-ring (bicyclic) bond motifs is 1. The first-order valence-corrected chi connectivity index (χ1v) is 8.56. The molecule has 26 heavy (non-hydrogen) atoms. The van der Waals surface area contributed by atoms with Crippen LogP contribution in [0.1, 0.15) is 34.5 Å². The predicted octanol–water partition coefficient (Wildman–Crippen LogP) is 1.21. The summed E-state index contributed by atoms with van der Waals surface area (Å²) < 4.78 is 5.89. The van der Waals surface area contributed by atoms with Gasteiger partial charge in [0.1, 0.15) is 18.6 Å². The number of ether oxygens (including phenoxy) is 1. The molecule has 2 N–H and O–H groups in total. The van der Waals surface area contributed by atoms with Gasteiger partial charge in [0.05, 0.1) is 18.3 Å². The highest BCUT2D eigenvalue weighted by Gasteiger charge is 2.39. The summed E-state index contributed by atoms with van der Waals surface area (Å²) in [5.74, 6) is 0.291. The third-order valence-electron chi connectivity index (χ3n) is 4.80. The van der Waals surface area contributed by atoms with Crippen molar-refractivity contribution in [1.29, 1.82) is 0 Å². The first-order chi connectivity index (χ1) is 12.6. The maximum atomic E-state index is 12.8. The molecule has 2 unspecified atom stereocenters. The van der Waals surface area contributed by atoms with Gasteiger partial charge in [-0.25, -0.2) is 0 Å². The lowest BCUT2D eigenvalue weighted by Crippen LogP contribution is -2.55. The van der Waals surface area contributed by atoms with Crippen LogP contribution in [0.15, 0.2) is 42.6 Å². The van der Waals surface area contributed by atoms with Gasteiger partial charge in [0, 0.05) is 23.7 Å². The van der Waals surface area contributed by atoms with Crippen LogP contribution < -0.4 is 10.1 Å². The molecule has 2 aromatic rings. The monoisotopic (exact) mass is 353 g/mol. The molecule has 134 valence electrons. The molecule has 2 aliphatic rings. The van der Waals surface area contributed by atoms with E-state index < -0.39 is 12.3 Å². The zero-order valence-electron chi connectivity index (χ0n) is 14.1. The lowest BCUT2D eigenvalue weighted by molar-refractivity contribution is -0.129. The van der Waals surface area contributed by atoms with Crippen molar-refractivity contribution in [2.45, 2.75) is 38.3 Å². The fraction of sp³-hybridized carbons (Fsp3) is 0.316. The molecule has 7 nitrogen and oxygen atoms in total. The second kappa shape index (κ2) is 6.76. The number of benzene rings is 1. The number of aliphatic hydroxyl groups is 1. The fourth-order valence-electron chi connectivity index (χ4n) is 3.46. The summed E-state index contributed by atoms with van der Waals surface area (Å²) in [6.45, 7) is 0.664. The zero-order valence-corrected chi connectivity index (χ0v) is 14.1. The third-order valence-corrected chi connectivity index (χ3v) is 4.80. The molecular formula is C19H19N3O4. The molecule has 0 aliphatic carbocycles. The standard InChI is InChI=1S/C19H19N3O4/c23-17-8-7-15(18(24)21-17)22-10-14-13(19(22)25)5-3-6-16(14)26-11-12-4-1-2-9-20-12/h1-6,9,15,18,24H,7-8,10-11H2,(H,21,23). The molecule has 1 fully saturated rings. The molecule has 0 spiro atoms. The van der Waals surface area contributed by atoms with Crippen LogP contribution in [0.5, 0.6) is 5.75 Å². The van der Waals surface area contributed by atoms with Gasteiger partial charge in [-0.15, -0.1) is 0 Å². The molecule has 4 rings (SSSR count). The summed E-state index contributed by atoms with van der Waals surface area (Å²) >= 11 is 0. The van der Waals surface area contributed by atoms with Crippen molar-refractivity contribution in [1.82, 2.24) is 15.2 Å². The second-order valence-electron chi connectivity index (χ2n) is 6.44. The van der Waals surface area contributed by atoms with Crippen LogP contribution in [-0.2, 0) is 17.9 Å². The van der Waals surface area contributed by atoms with E-state index in [1.807, 2.05) is 24.3 Å². The molecule has 1 saturated heterocycles. The van der Waals surface area contributed by atoms with Crippen LogP contribution in [-0.4, -0.2) is 39.1 Å². The largest absolute Gasteiger partial charge is 0.487 e. The molecule has 2 atom stereocenters. The average molecular weight is 353 g/mol. The highest BCUT2D eigenvalue weighted by atomic mass is 16.5. The molecule has 3 heterocycles. The van der Waals surface area contributed by atoms with E-state index in [4.69, 9.17) is 4.74 Å². The normalized spacial score (nSPS) is 22.1. The van der Waals surface area contributed by atoms with Crippen molar-refractivity contribution < 1.29 is 19.4 Å². The van der Waals surface area contributed by atoms with Gasteiger partial charge in [-0.05, 0) is 30.7 Å². The van der Waals surface area contributed by atoms with Crippen molar-refractivity contribution in [2.75, 3.05) is 0 Å². The number of carbonyl (C=O) groups is 2. The van der Waals surface area contributed by atoms with E-state index in [0.717, 1.165) is 11.3 Å². The van der Waals surface area contributed by atoms with Crippen LogP contribution in [0.3, 0.4) is 0 Å². The number of amides is 2. The van der Waals surface area contributed by atoms with Crippen LogP contribution in [0, 0.1) is 0 Å². The van der Waals surface area contributed by atoms with Gasteiger partial charge < -0.3 is 20.1 Å². The first kappa shape index (κ1) is 16.5. The Labute approximate surface area is 150 Å². The van der Waals surface area contributed by atoms with Gasteiger partial charge in [-0.2, -0.15) is 0 Å². The summed E-state index contributed by atoms with van der Waals surface area (Å²) in [5.41, 5.74) is 2.18. The van der Waals surface area contributed by atoms with Gasteiger partial charge in [0.15, 0.2) is 0 Å². The van der Waals surface area contributed by atoms with E-state index in [0.29, 0.717) is 37.3 Å². The van der Waals surface area contributed by atoms with Crippen LogP contribution in [0.25, 0.3) is 0 Å². The zero-order chi connectivity index (χ0) is 18.1. The Morgan fingerprint density at radius 3 is 2.88 bits per heavy atom. The highest BCUT2D eigenvalue weighted by molar-refractivity contribution is 5.99. The van der Waals surface area contributed by atoms with Gasteiger partial charge in [0.25, 0.3) is 5.91 Å². The van der Waals surface area contributed by atoms with Crippen molar-refractivity contribution in [2.24, 2.45) is 0 Å². The van der Waals surface area contributed by atoms with E-state index in [-0.39, 0.29) is 11.8 Å². The molecule has 7 heteroatoms. The first-order valence-electron chi connectivity index (χ1n) is 8.56. The number of nitrogens with zero attached hydrogens (tertiary/aromatic N) is 2. The Morgan fingerprint density at radius 2 is 2.12 bits per heavy atom. The topological polar surface area (TPSA) is 91.8 Å².